The fourth-order valence-corrected chi connectivity index (χ4v) is 3.82. The van der Waals surface area contributed by atoms with Crippen molar-refractivity contribution in [3.05, 3.63) is 41.2 Å². The van der Waals surface area contributed by atoms with E-state index in [4.69, 9.17) is 5.73 Å². The first-order valence-electron chi connectivity index (χ1n) is 8.38. The van der Waals surface area contributed by atoms with E-state index in [2.05, 4.69) is 46.1 Å². The number of amides is 1. The maximum absolute atomic E-state index is 12.5. The van der Waals surface area contributed by atoms with Crippen LogP contribution < -0.4 is 16.0 Å². The van der Waals surface area contributed by atoms with Crippen LogP contribution in [0.15, 0.2) is 35.3 Å². The zero-order valence-electron chi connectivity index (χ0n) is 14.4. The van der Waals surface area contributed by atoms with Crippen LogP contribution >= 0.6 is 28.3 Å². The molecule has 27 heavy (non-hydrogen) atoms. The van der Waals surface area contributed by atoms with Crippen LogP contribution in [-0.4, -0.2) is 45.0 Å². The van der Waals surface area contributed by atoms with Gasteiger partial charge in [-0.05, 0) is 34.8 Å². The molecule has 3 aromatic rings. The summed E-state index contributed by atoms with van der Waals surface area (Å²) >= 11 is 3.61. The second-order valence-corrected chi connectivity index (χ2v) is 7.11. The smallest absolute Gasteiger partial charge is 0.293 e. The quantitative estimate of drug-likeness (QED) is 0.563. The van der Waals surface area contributed by atoms with E-state index in [0.29, 0.717) is 11.3 Å². The molecule has 10 heteroatoms. The van der Waals surface area contributed by atoms with Gasteiger partial charge in [0.25, 0.3) is 5.91 Å². The molecule has 0 bridgehead atoms. The van der Waals surface area contributed by atoms with E-state index in [1.165, 1.54) is 12.4 Å². The Morgan fingerprint density at radius 2 is 2.11 bits per heavy atom. The summed E-state index contributed by atoms with van der Waals surface area (Å²) in [6.07, 6.45) is 8.62. The van der Waals surface area contributed by atoms with Crippen LogP contribution in [0.3, 0.4) is 0 Å². The number of rotatable bonds is 3. The minimum atomic E-state index is -0.368. The molecule has 1 amide bonds. The van der Waals surface area contributed by atoms with Gasteiger partial charge in [0.05, 0.1) is 21.2 Å². The van der Waals surface area contributed by atoms with Crippen molar-refractivity contribution < 1.29 is 4.79 Å². The zero-order valence-corrected chi connectivity index (χ0v) is 16.8. The van der Waals surface area contributed by atoms with E-state index >= 15 is 0 Å². The van der Waals surface area contributed by atoms with Crippen molar-refractivity contribution in [1.29, 1.82) is 0 Å². The summed E-state index contributed by atoms with van der Waals surface area (Å²) in [5.41, 5.74) is 8.48. The molecule has 0 radical (unpaired) electrons. The molecule has 1 aliphatic rings. The summed E-state index contributed by atoms with van der Waals surface area (Å²) in [4.78, 5) is 30.2. The number of halogens is 2. The van der Waals surface area contributed by atoms with Crippen molar-refractivity contribution in [1.82, 2.24) is 19.9 Å². The third-order valence-corrected chi connectivity index (χ3v) is 5.00. The maximum Gasteiger partial charge on any atom is 0.293 e. The minimum Gasteiger partial charge on any atom is -0.368 e. The number of nitrogens with zero attached hydrogens (tertiary/aromatic N) is 4. The van der Waals surface area contributed by atoms with E-state index < -0.39 is 0 Å². The topological polar surface area (TPSA) is 113 Å². The standard InChI is InChI=1S/C17H18BrN7O.ClH/c18-11-7-22-15-13(14(11)25-6-1-3-10(19)9-25)12(8-23-15)24-17(26)16-20-4-2-5-21-16;/h2,4-5,7-8,10H,1,3,6,9,19H2,(H,22,23)(H,24,26);1H. The Labute approximate surface area is 170 Å². The van der Waals surface area contributed by atoms with Gasteiger partial charge in [-0.15, -0.1) is 12.4 Å². The Bertz CT molecular complexity index is 949. The molecule has 0 saturated carbocycles. The van der Waals surface area contributed by atoms with Crippen LogP contribution in [0.2, 0.25) is 0 Å². The molecule has 142 valence electrons. The number of nitrogens with one attached hydrogen (secondary N) is 2. The Balaban J connectivity index is 0.00000210. The number of hydrogen-bond acceptors (Lipinski definition) is 6. The molecule has 4 N–H and O–H groups in total. The molecular weight excluding hydrogens is 434 g/mol. The van der Waals surface area contributed by atoms with Crippen LogP contribution in [0.25, 0.3) is 11.0 Å². The SMILES string of the molecule is Cl.NC1CCCN(c2c(Br)cnc3[nH]cc(NC(=O)c4ncccn4)c23)C1. The van der Waals surface area contributed by atoms with E-state index in [1.807, 2.05) is 0 Å². The van der Waals surface area contributed by atoms with Gasteiger partial charge in [-0.3, -0.25) is 4.79 Å². The lowest BCUT2D eigenvalue weighted by molar-refractivity contribution is 0.101. The number of anilines is 2. The number of pyridine rings is 1. The molecule has 1 atom stereocenters. The van der Waals surface area contributed by atoms with Crippen LogP contribution in [0.5, 0.6) is 0 Å². The summed E-state index contributed by atoms with van der Waals surface area (Å²) in [7, 11) is 0. The van der Waals surface area contributed by atoms with Crippen LogP contribution in [-0.2, 0) is 0 Å². The van der Waals surface area contributed by atoms with Gasteiger partial charge in [0.2, 0.25) is 5.82 Å². The van der Waals surface area contributed by atoms with Crippen LogP contribution in [0, 0.1) is 0 Å². The van der Waals surface area contributed by atoms with E-state index in [1.54, 1.807) is 18.5 Å². The molecule has 0 aliphatic carbocycles. The molecular formula is C17H19BrClN7O. The Hall–Kier alpha value is -2.23. The van der Waals surface area contributed by atoms with Gasteiger partial charge in [0, 0.05) is 43.9 Å². The van der Waals surface area contributed by atoms with Crippen molar-refractivity contribution in [2.45, 2.75) is 18.9 Å². The monoisotopic (exact) mass is 451 g/mol. The average Bonchev–Trinajstić information content (AvgIpc) is 3.05. The highest BCUT2D eigenvalue weighted by atomic mass is 79.9. The second kappa shape index (κ2) is 8.20. The van der Waals surface area contributed by atoms with Gasteiger partial charge in [-0.25, -0.2) is 15.0 Å². The number of hydrogen-bond donors (Lipinski definition) is 3. The molecule has 1 unspecified atom stereocenters. The van der Waals surface area contributed by atoms with Crippen molar-refractivity contribution in [2.75, 3.05) is 23.3 Å². The predicted octanol–water partition coefficient (Wildman–Crippen LogP) is 2.72. The lowest BCUT2D eigenvalue weighted by atomic mass is 10.1. The molecule has 1 fully saturated rings. The fraction of sp³-hybridized carbons (Fsp3) is 0.294. The zero-order chi connectivity index (χ0) is 18.1. The first kappa shape index (κ1) is 19.5. The van der Waals surface area contributed by atoms with Crippen molar-refractivity contribution >= 4 is 56.7 Å². The number of carbonyl (C=O) groups is 1. The summed E-state index contributed by atoms with van der Waals surface area (Å²) in [5, 5.41) is 3.73. The summed E-state index contributed by atoms with van der Waals surface area (Å²) < 4.78 is 0.866. The van der Waals surface area contributed by atoms with Crippen LogP contribution in [0.4, 0.5) is 11.4 Å². The average molecular weight is 453 g/mol. The highest BCUT2D eigenvalue weighted by molar-refractivity contribution is 9.10. The van der Waals surface area contributed by atoms with Crippen molar-refractivity contribution in [2.24, 2.45) is 5.73 Å². The van der Waals surface area contributed by atoms with Gasteiger partial charge >= 0.3 is 0 Å². The lowest BCUT2D eigenvalue weighted by Gasteiger charge is -2.33. The summed E-state index contributed by atoms with van der Waals surface area (Å²) in [6.45, 7) is 1.67. The number of carbonyl (C=O) groups excluding carboxylic acids is 1. The Morgan fingerprint density at radius 1 is 1.33 bits per heavy atom. The third-order valence-electron chi connectivity index (χ3n) is 4.42. The van der Waals surface area contributed by atoms with Crippen molar-refractivity contribution in [3.8, 4) is 0 Å². The van der Waals surface area contributed by atoms with Gasteiger partial charge in [-0.1, -0.05) is 0 Å². The van der Waals surface area contributed by atoms with Gasteiger partial charge < -0.3 is 20.9 Å². The number of aromatic amines is 1. The van der Waals surface area contributed by atoms with Crippen molar-refractivity contribution in [3.63, 3.8) is 0 Å². The molecule has 1 saturated heterocycles. The molecule has 0 aromatic carbocycles. The maximum atomic E-state index is 12.5. The second-order valence-electron chi connectivity index (χ2n) is 6.26. The molecule has 4 rings (SSSR count). The molecule has 8 nitrogen and oxygen atoms in total. The highest BCUT2D eigenvalue weighted by Gasteiger charge is 2.24. The summed E-state index contributed by atoms with van der Waals surface area (Å²) in [5.74, 6) is -0.251. The normalized spacial score (nSPS) is 16.8. The van der Waals surface area contributed by atoms with Gasteiger partial charge in [-0.2, -0.15) is 0 Å². The third kappa shape index (κ3) is 3.90. The van der Waals surface area contributed by atoms with Crippen LogP contribution in [0.1, 0.15) is 23.5 Å². The highest BCUT2D eigenvalue weighted by Crippen LogP contribution is 2.38. The summed E-state index contributed by atoms with van der Waals surface area (Å²) in [6, 6.07) is 1.80. The van der Waals surface area contributed by atoms with E-state index in [9.17, 15) is 4.79 Å². The largest absolute Gasteiger partial charge is 0.368 e. The molecule has 4 heterocycles. The van der Waals surface area contributed by atoms with E-state index in [-0.39, 0.29) is 30.2 Å². The predicted molar refractivity (Wildman–Crippen MR) is 110 cm³/mol. The first-order chi connectivity index (χ1) is 12.6. The van der Waals surface area contributed by atoms with E-state index in [0.717, 1.165) is 41.5 Å². The Kier molecular flexibility index (Phi) is 5.93. The Morgan fingerprint density at radius 3 is 2.85 bits per heavy atom. The van der Waals surface area contributed by atoms with Gasteiger partial charge in [0.15, 0.2) is 0 Å². The first-order valence-corrected chi connectivity index (χ1v) is 9.17. The number of fused-ring (bicyclic) bond motifs is 1. The fourth-order valence-electron chi connectivity index (χ4n) is 3.27. The number of nitrogens with two attached hydrogens (primary N) is 1. The lowest BCUT2D eigenvalue weighted by Crippen LogP contribution is -2.43. The molecule has 1 aliphatic heterocycles. The molecule has 3 aromatic heterocycles. The number of aromatic nitrogens is 4. The number of piperidine rings is 1. The molecule has 0 spiro atoms. The minimum absolute atomic E-state index is 0. The number of H-pyrrole nitrogens is 1. The van der Waals surface area contributed by atoms with Gasteiger partial charge in [0.1, 0.15) is 5.65 Å².